The Morgan fingerprint density at radius 1 is 1.04 bits per heavy atom. The highest BCUT2D eigenvalue weighted by molar-refractivity contribution is 6.35. The number of likely N-dealkylation sites (N-methyl/N-ethyl adjacent to an activating group) is 1. The number of benzene rings is 2. The Morgan fingerprint density at radius 3 is 2.25 bits per heavy atom. The van der Waals surface area contributed by atoms with E-state index < -0.39 is 0 Å². The Balaban J connectivity index is 0.00000100. The van der Waals surface area contributed by atoms with Crippen LogP contribution in [-0.2, 0) is 4.79 Å². The second-order valence-corrected chi connectivity index (χ2v) is 6.34. The van der Waals surface area contributed by atoms with Gasteiger partial charge in [0.05, 0.1) is 5.69 Å². The summed E-state index contributed by atoms with van der Waals surface area (Å²) >= 11 is 5.92. The molecule has 0 N–H and O–H groups in total. The number of carbonyl (C=O) groups excluding carboxylic acids is 1. The molecule has 0 fully saturated rings. The zero-order valence-corrected chi connectivity index (χ0v) is 15.7. The summed E-state index contributed by atoms with van der Waals surface area (Å²) in [4.78, 5) is 14.3. The van der Waals surface area contributed by atoms with Crippen molar-refractivity contribution in [3.8, 4) is 0 Å². The molecule has 1 amide bonds. The fraction of sp³-hybridized carbons (Fsp3) is 0.286. The minimum Gasteiger partial charge on any atom is -0.311 e. The minimum absolute atomic E-state index is 0.0332. The maximum absolute atomic E-state index is 12.5. The molecule has 0 unspecified atom stereocenters. The molecule has 0 saturated carbocycles. The van der Waals surface area contributed by atoms with Gasteiger partial charge in [0, 0.05) is 23.2 Å². The van der Waals surface area contributed by atoms with E-state index in [9.17, 15) is 4.79 Å². The lowest BCUT2D eigenvalue weighted by molar-refractivity contribution is -0.112. The molecule has 0 spiro atoms. The summed E-state index contributed by atoms with van der Waals surface area (Å²) in [6.07, 6.45) is 1.94. The maximum atomic E-state index is 12.5. The van der Waals surface area contributed by atoms with Crippen LogP contribution in [0.1, 0.15) is 50.3 Å². The summed E-state index contributed by atoms with van der Waals surface area (Å²) in [7, 11) is 1.82. The molecule has 0 aliphatic carbocycles. The van der Waals surface area contributed by atoms with Crippen molar-refractivity contribution in [3.05, 3.63) is 64.2 Å². The molecule has 2 aromatic rings. The van der Waals surface area contributed by atoms with Gasteiger partial charge < -0.3 is 4.90 Å². The molecule has 0 aromatic heterocycles. The molecule has 1 aliphatic rings. The van der Waals surface area contributed by atoms with E-state index in [0.29, 0.717) is 10.9 Å². The largest absolute Gasteiger partial charge is 0.311 e. The number of anilines is 1. The van der Waals surface area contributed by atoms with E-state index in [1.807, 2.05) is 57.3 Å². The Labute approximate surface area is 149 Å². The van der Waals surface area contributed by atoms with Crippen molar-refractivity contribution in [2.75, 3.05) is 11.9 Å². The van der Waals surface area contributed by atoms with Gasteiger partial charge in [-0.05, 0) is 47.4 Å². The lowest BCUT2D eigenvalue weighted by Crippen LogP contribution is -2.20. The second kappa shape index (κ2) is 7.67. The standard InChI is InChI=1S/C19H18ClNO.C2H6/c1-12(2)14-6-9-18-16(11-14)17(19(22)21(18)3)10-13-4-7-15(20)8-5-13;1-2/h4-12H,1-3H3;1-2H3/b17-10-;. The van der Waals surface area contributed by atoms with E-state index in [4.69, 9.17) is 11.6 Å². The molecule has 0 saturated heterocycles. The van der Waals surface area contributed by atoms with Gasteiger partial charge in [-0.1, -0.05) is 57.5 Å². The van der Waals surface area contributed by atoms with Crippen molar-refractivity contribution < 1.29 is 4.79 Å². The highest BCUT2D eigenvalue weighted by Gasteiger charge is 2.29. The van der Waals surface area contributed by atoms with E-state index in [1.54, 1.807) is 4.90 Å². The fourth-order valence-electron chi connectivity index (χ4n) is 2.69. The van der Waals surface area contributed by atoms with Crippen molar-refractivity contribution in [2.45, 2.75) is 33.6 Å². The molecule has 126 valence electrons. The van der Waals surface area contributed by atoms with Crippen LogP contribution in [0.3, 0.4) is 0 Å². The third-order valence-electron chi connectivity index (χ3n) is 4.05. The number of carbonyl (C=O) groups is 1. The predicted octanol–water partition coefficient (Wildman–Crippen LogP) is 6.01. The first kappa shape index (κ1) is 18.3. The van der Waals surface area contributed by atoms with Crippen LogP contribution in [0.4, 0.5) is 5.69 Å². The van der Waals surface area contributed by atoms with Gasteiger partial charge in [-0.15, -0.1) is 0 Å². The monoisotopic (exact) mass is 341 g/mol. The van der Waals surface area contributed by atoms with Crippen LogP contribution in [0.25, 0.3) is 11.6 Å². The molecule has 0 bridgehead atoms. The number of hydrogen-bond donors (Lipinski definition) is 0. The Hall–Kier alpha value is -2.06. The van der Waals surface area contributed by atoms with Gasteiger partial charge >= 0.3 is 0 Å². The van der Waals surface area contributed by atoms with Crippen LogP contribution in [0.15, 0.2) is 42.5 Å². The van der Waals surface area contributed by atoms with Gasteiger partial charge in [0.2, 0.25) is 0 Å². The van der Waals surface area contributed by atoms with E-state index in [-0.39, 0.29) is 5.91 Å². The summed E-state index contributed by atoms with van der Waals surface area (Å²) in [5.74, 6) is 0.467. The van der Waals surface area contributed by atoms with Crippen molar-refractivity contribution >= 4 is 34.8 Å². The minimum atomic E-state index is 0.0332. The second-order valence-electron chi connectivity index (χ2n) is 5.91. The molecule has 3 rings (SSSR count). The number of rotatable bonds is 2. The van der Waals surface area contributed by atoms with Gasteiger partial charge in [-0.2, -0.15) is 0 Å². The molecule has 0 atom stereocenters. The van der Waals surface area contributed by atoms with E-state index >= 15 is 0 Å². The zero-order valence-electron chi connectivity index (χ0n) is 14.9. The van der Waals surface area contributed by atoms with Crippen LogP contribution >= 0.6 is 11.6 Å². The third-order valence-corrected chi connectivity index (χ3v) is 4.31. The smallest absolute Gasteiger partial charge is 0.258 e. The van der Waals surface area contributed by atoms with Gasteiger partial charge in [0.25, 0.3) is 5.91 Å². The molecule has 24 heavy (non-hydrogen) atoms. The lowest BCUT2D eigenvalue weighted by Gasteiger charge is -2.11. The first-order valence-corrected chi connectivity index (χ1v) is 8.75. The first-order chi connectivity index (χ1) is 11.5. The van der Waals surface area contributed by atoms with Crippen molar-refractivity contribution in [1.82, 2.24) is 0 Å². The SMILES string of the molecule is CC.CC(C)c1ccc2c(c1)/C(=C/c1ccc(Cl)cc1)C(=O)N2C. The number of amides is 1. The number of hydrogen-bond acceptors (Lipinski definition) is 1. The van der Waals surface area contributed by atoms with E-state index in [2.05, 4.69) is 26.0 Å². The molecule has 2 nitrogen and oxygen atoms in total. The van der Waals surface area contributed by atoms with E-state index in [1.165, 1.54) is 5.56 Å². The topological polar surface area (TPSA) is 20.3 Å². The van der Waals surface area contributed by atoms with Gasteiger partial charge in [0.15, 0.2) is 0 Å². The van der Waals surface area contributed by atoms with Crippen molar-refractivity contribution in [2.24, 2.45) is 0 Å². The summed E-state index contributed by atoms with van der Waals surface area (Å²) in [5, 5.41) is 0.694. The van der Waals surface area contributed by atoms with Crippen LogP contribution in [0.2, 0.25) is 5.02 Å². The average molecular weight is 342 g/mol. The zero-order chi connectivity index (χ0) is 17.9. The molecular weight excluding hydrogens is 318 g/mol. The maximum Gasteiger partial charge on any atom is 0.258 e. The number of nitrogens with zero attached hydrogens (tertiary/aromatic N) is 1. The van der Waals surface area contributed by atoms with E-state index in [0.717, 1.165) is 22.4 Å². The lowest BCUT2D eigenvalue weighted by atomic mass is 9.97. The molecule has 3 heteroatoms. The molecule has 1 aliphatic heterocycles. The van der Waals surface area contributed by atoms with Gasteiger partial charge in [0.1, 0.15) is 0 Å². The number of fused-ring (bicyclic) bond motifs is 1. The Bertz CT molecular complexity index is 760. The first-order valence-electron chi connectivity index (χ1n) is 8.37. The van der Waals surface area contributed by atoms with Crippen molar-refractivity contribution in [3.63, 3.8) is 0 Å². The fourth-order valence-corrected chi connectivity index (χ4v) is 2.82. The molecular formula is C21H24ClNO. The number of halogens is 1. The van der Waals surface area contributed by atoms with Crippen LogP contribution in [0.5, 0.6) is 0 Å². The van der Waals surface area contributed by atoms with Crippen LogP contribution in [-0.4, -0.2) is 13.0 Å². The van der Waals surface area contributed by atoms with Gasteiger partial charge in [-0.25, -0.2) is 0 Å². The Morgan fingerprint density at radius 2 is 1.67 bits per heavy atom. The summed E-state index contributed by atoms with van der Waals surface area (Å²) < 4.78 is 0. The molecule has 1 heterocycles. The summed E-state index contributed by atoms with van der Waals surface area (Å²) in [6.45, 7) is 8.32. The molecule has 0 radical (unpaired) electrons. The normalized spacial score (nSPS) is 14.7. The van der Waals surface area contributed by atoms with Crippen LogP contribution < -0.4 is 4.90 Å². The highest BCUT2D eigenvalue weighted by Crippen LogP contribution is 2.38. The van der Waals surface area contributed by atoms with Gasteiger partial charge in [-0.3, -0.25) is 4.79 Å². The van der Waals surface area contributed by atoms with Crippen molar-refractivity contribution in [1.29, 1.82) is 0 Å². The third kappa shape index (κ3) is 3.54. The summed E-state index contributed by atoms with van der Waals surface area (Å²) in [5.41, 5.74) is 4.93. The quantitative estimate of drug-likeness (QED) is 0.613. The molecule has 2 aromatic carbocycles. The highest BCUT2D eigenvalue weighted by atomic mass is 35.5. The summed E-state index contributed by atoms with van der Waals surface area (Å²) in [6, 6.07) is 13.8. The predicted molar refractivity (Wildman–Crippen MR) is 105 cm³/mol. The average Bonchev–Trinajstić information content (AvgIpc) is 2.83. The van der Waals surface area contributed by atoms with Crippen LogP contribution in [0, 0.1) is 0 Å². The Kier molecular flexibility index (Phi) is 5.84.